The van der Waals surface area contributed by atoms with Crippen molar-refractivity contribution in [2.24, 2.45) is 0 Å². The van der Waals surface area contributed by atoms with Crippen LogP contribution in [0.15, 0.2) is 24.3 Å². The van der Waals surface area contributed by atoms with Gasteiger partial charge in [0.1, 0.15) is 0 Å². The molecule has 0 bridgehead atoms. The number of carbonyl (C=O) groups is 1. The van der Waals surface area contributed by atoms with Gasteiger partial charge in [0.25, 0.3) is 0 Å². The largest absolute Gasteiger partial charge is 0.481 e. The van der Waals surface area contributed by atoms with E-state index in [-0.39, 0.29) is 0 Å². The van der Waals surface area contributed by atoms with Crippen LogP contribution in [0.5, 0.6) is 0 Å². The molecule has 0 amide bonds. The van der Waals surface area contributed by atoms with Gasteiger partial charge in [-0.05, 0) is 32.1 Å². The number of carboxylic acids is 1. The Kier molecular flexibility index (Phi) is 16.2. The Bertz CT molecular complexity index is 279. The van der Waals surface area contributed by atoms with Crippen molar-refractivity contribution < 1.29 is 9.90 Å². The van der Waals surface area contributed by atoms with Gasteiger partial charge in [0.15, 0.2) is 0 Å². The second kappa shape index (κ2) is 17.0. The van der Waals surface area contributed by atoms with Crippen LogP contribution in [-0.2, 0) is 4.79 Å². The molecule has 122 valence electrons. The van der Waals surface area contributed by atoms with Gasteiger partial charge in [-0.25, -0.2) is 0 Å². The molecule has 0 aromatic heterocycles. The molecular weight excluding hydrogens is 260 g/mol. The Labute approximate surface area is 131 Å². The molecule has 0 heterocycles. The molecule has 21 heavy (non-hydrogen) atoms. The second-order valence-electron chi connectivity index (χ2n) is 5.76. The average Bonchev–Trinajstić information content (AvgIpc) is 2.46. The summed E-state index contributed by atoms with van der Waals surface area (Å²) in [7, 11) is 0. The average molecular weight is 294 g/mol. The van der Waals surface area contributed by atoms with Crippen molar-refractivity contribution in [1.82, 2.24) is 0 Å². The van der Waals surface area contributed by atoms with Crippen LogP contribution in [0, 0.1) is 0 Å². The molecule has 2 heteroatoms. The van der Waals surface area contributed by atoms with Gasteiger partial charge in [-0.2, -0.15) is 0 Å². The molecule has 0 saturated heterocycles. The number of hydrogen-bond donors (Lipinski definition) is 1. The Morgan fingerprint density at radius 1 is 0.762 bits per heavy atom. The Hall–Kier alpha value is -1.05. The van der Waals surface area contributed by atoms with Crippen LogP contribution >= 0.6 is 0 Å². The van der Waals surface area contributed by atoms with Crippen molar-refractivity contribution in [1.29, 1.82) is 0 Å². The summed E-state index contributed by atoms with van der Waals surface area (Å²) in [5.41, 5.74) is 0. The summed E-state index contributed by atoms with van der Waals surface area (Å²) in [6.07, 6.45) is 23.8. The molecule has 0 spiro atoms. The molecule has 0 radical (unpaired) electrons. The van der Waals surface area contributed by atoms with Gasteiger partial charge in [0, 0.05) is 6.42 Å². The summed E-state index contributed by atoms with van der Waals surface area (Å²) in [5.74, 6) is -0.691. The molecule has 0 aliphatic carbocycles. The normalized spacial score (nSPS) is 11.7. The highest BCUT2D eigenvalue weighted by atomic mass is 16.4. The molecule has 0 aromatic rings. The molecule has 2 nitrogen and oxygen atoms in total. The maximum atomic E-state index is 10.3. The molecule has 0 aliphatic rings. The molecule has 0 aromatic carbocycles. The molecular formula is C19H34O2. The number of aliphatic carboxylic acids is 1. The van der Waals surface area contributed by atoms with E-state index in [2.05, 4.69) is 31.2 Å². The van der Waals surface area contributed by atoms with Gasteiger partial charge < -0.3 is 5.11 Å². The highest BCUT2D eigenvalue weighted by molar-refractivity contribution is 5.66. The van der Waals surface area contributed by atoms with Crippen LogP contribution in [0.1, 0.15) is 90.4 Å². The topological polar surface area (TPSA) is 37.3 Å². The summed E-state index contributed by atoms with van der Waals surface area (Å²) < 4.78 is 0. The fourth-order valence-corrected chi connectivity index (χ4v) is 2.28. The minimum absolute atomic E-state index is 0.294. The quantitative estimate of drug-likeness (QED) is 0.285. The molecule has 0 aliphatic heterocycles. The van der Waals surface area contributed by atoms with Crippen molar-refractivity contribution in [3.8, 4) is 0 Å². The van der Waals surface area contributed by atoms with E-state index in [0.717, 1.165) is 19.3 Å². The number of unbranched alkanes of at least 4 members (excludes halogenated alkanes) is 10. The van der Waals surface area contributed by atoms with E-state index in [1.165, 1.54) is 57.8 Å². The summed E-state index contributed by atoms with van der Waals surface area (Å²) in [5, 5.41) is 8.50. The maximum absolute atomic E-state index is 10.3. The fraction of sp³-hybridized carbons (Fsp3) is 0.737. The van der Waals surface area contributed by atoms with Crippen molar-refractivity contribution in [2.75, 3.05) is 0 Å². The number of carboxylic acid groups (broad SMARTS) is 1. The molecule has 0 unspecified atom stereocenters. The lowest BCUT2D eigenvalue weighted by atomic mass is 10.1. The van der Waals surface area contributed by atoms with Gasteiger partial charge in [-0.3, -0.25) is 4.79 Å². The summed E-state index contributed by atoms with van der Waals surface area (Å²) in [6.45, 7) is 2.26. The minimum Gasteiger partial charge on any atom is -0.481 e. The lowest BCUT2D eigenvalue weighted by molar-refractivity contribution is -0.137. The van der Waals surface area contributed by atoms with Gasteiger partial charge in [0.05, 0.1) is 0 Å². The Balaban J connectivity index is 3.19. The van der Waals surface area contributed by atoms with Crippen LogP contribution in [0.2, 0.25) is 0 Å². The third-order valence-corrected chi connectivity index (χ3v) is 3.62. The van der Waals surface area contributed by atoms with E-state index in [0.29, 0.717) is 6.42 Å². The highest BCUT2D eigenvalue weighted by Gasteiger charge is 1.94. The monoisotopic (exact) mass is 294 g/mol. The van der Waals surface area contributed by atoms with Crippen molar-refractivity contribution in [3.63, 3.8) is 0 Å². The first-order valence-electron chi connectivity index (χ1n) is 8.80. The number of hydrogen-bond acceptors (Lipinski definition) is 1. The molecule has 0 atom stereocenters. The standard InChI is InChI=1S/C19H34O2/c1-2-3-4-5-6-7-8-9-10-11-12-13-14-15-16-17-18-19(20)21/h11-14H,2-10,15-18H2,1H3,(H,20,21). The third-order valence-electron chi connectivity index (χ3n) is 3.62. The highest BCUT2D eigenvalue weighted by Crippen LogP contribution is 2.09. The maximum Gasteiger partial charge on any atom is 0.303 e. The van der Waals surface area contributed by atoms with Crippen LogP contribution in [0.4, 0.5) is 0 Å². The molecule has 0 saturated carbocycles. The van der Waals surface area contributed by atoms with Crippen molar-refractivity contribution in [2.45, 2.75) is 90.4 Å². The van der Waals surface area contributed by atoms with Crippen LogP contribution in [0.25, 0.3) is 0 Å². The zero-order valence-corrected chi connectivity index (χ0v) is 13.9. The van der Waals surface area contributed by atoms with Crippen LogP contribution < -0.4 is 0 Å². The van der Waals surface area contributed by atoms with E-state index in [1.54, 1.807) is 0 Å². The Morgan fingerprint density at radius 3 is 1.76 bits per heavy atom. The predicted octanol–water partition coefficient (Wildman–Crippen LogP) is 6.27. The zero-order chi connectivity index (χ0) is 15.6. The second-order valence-corrected chi connectivity index (χ2v) is 5.76. The first kappa shape index (κ1) is 19.9. The van der Waals surface area contributed by atoms with Gasteiger partial charge in [-0.1, -0.05) is 76.2 Å². The first-order valence-corrected chi connectivity index (χ1v) is 8.80. The zero-order valence-electron chi connectivity index (χ0n) is 13.9. The predicted molar refractivity (Wildman–Crippen MR) is 91.6 cm³/mol. The summed E-state index contributed by atoms with van der Waals surface area (Å²) in [4.78, 5) is 10.3. The minimum atomic E-state index is -0.691. The number of allylic oxidation sites excluding steroid dienone is 4. The first-order chi connectivity index (χ1) is 10.3. The number of rotatable bonds is 15. The van der Waals surface area contributed by atoms with E-state index < -0.39 is 5.97 Å². The molecule has 0 fully saturated rings. The summed E-state index contributed by atoms with van der Waals surface area (Å²) >= 11 is 0. The molecule has 1 N–H and O–H groups in total. The lowest BCUT2D eigenvalue weighted by Gasteiger charge is -1.99. The van der Waals surface area contributed by atoms with Gasteiger partial charge >= 0.3 is 5.97 Å². The Morgan fingerprint density at radius 2 is 1.24 bits per heavy atom. The molecule has 0 rings (SSSR count). The summed E-state index contributed by atoms with van der Waals surface area (Å²) in [6, 6.07) is 0. The fourth-order valence-electron chi connectivity index (χ4n) is 2.28. The lowest BCUT2D eigenvalue weighted by Crippen LogP contribution is -1.92. The van der Waals surface area contributed by atoms with Gasteiger partial charge in [0.2, 0.25) is 0 Å². The van der Waals surface area contributed by atoms with E-state index in [9.17, 15) is 4.79 Å². The van der Waals surface area contributed by atoms with Crippen LogP contribution in [0.3, 0.4) is 0 Å². The van der Waals surface area contributed by atoms with Crippen LogP contribution in [-0.4, -0.2) is 11.1 Å². The SMILES string of the molecule is CCCCCCCCCCC=CC=CCCCCC(=O)O. The van der Waals surface area contributed by atoms with Crippen molar-refractivity contribution in [3.05, 3.63) is 24.3 Å². The smallest absolute Gasteiger partial charge is 0.303 e. The van der Waals surface area contributed by atoms with E-state index >= 15 is 0 Å². The van der Waals surface area contributed by atoms with E-state index in [1.807, 2.05) is 0 Å². The van der Waals surface area contributed by atoms with Crippen molar-refractivity contribution >= 4 is 5.97 Å². The third kappa shape index (κ3) is 18.9. The van der Waals surface area contributed by atoms with Gasteiger partial charge in [-0.15, -0.1) is 0 Å². The van der Waals surface area contributed by atoms with E-state index in [4.69, 9.17) is 5.11 Å².